The lowest BCUT2D eigenvalue weighted by atomic mass is 10.1. The zero-order chi connectivity index (χ0) is 16.4. The van der Waals surface area contributed by atoms with Gasteiger partial charge in [0.15, 0.2) is 0 Å². The second-order valence-corrected chi connectivity index (χ2v) is 6.67. The summed E-state index contributed by atoms with van der Waals surface area (Å²) in [6.07, 6.45) is 6.98. The van der Waals surface area contributed by atoms with E-state index in [0.29, 0.717) is 17.5 Å². The van der Waals surface area contributed by atoms with Crippen molar-refractivity contribution in [3.8, 4) is 0 Å². The zero-order valence-electron chi connectivity index (χ0n) is 13.1. The third-order valence-electron chi connectivity index (χ3n) is 3.68. The molecule has 1 saturated heterocycles. The van der Waals surface area contributed by atoms with Crippen molar-refractivity contribution in [3.05, 3.63) is 53.4 Å². The smallest absolute Gasteiger partial charge is 0.291 e. The van der Waals surface area contributed by atoms with Gasteiger partial charge in [-0.3, -0.25) is 9.59 Å². The van der Waals surface area contributed by atoms with Gasteiger partial charge in [0.1, 0.15) is 0 Å². The number of thioether (sulfide) groups is 1. The molecule has 1 aromatic heterocycles. The van der Waals surface area contributed by atoms with Crippen LogP contribution in [0.4, 0.5) is 4.79 Å². The SMILES string of the molecule is CC(C)=CCCn1cc(C=C2NC(=O)SC2=O)c2ccccc21. The summed E-state index contributed by atoms with van der Waals surface area (Å²) in [5.41, 5.74) is 3.74. The molecule has 0 unspecified atom stereocenters. The molecule has 0 bridgehead atoms. The van der Waals surface area contributed by atoms with Gasteiger partial charge in [0.25, 0.3) is 5.24 Å². The van der Waals surface area contributed by atoms with E-state index in [-0.39, 0.29) is 10.4 Å². The Labute approximate surface area is 139 Å². The normalized spacial score (nSPS) is 16.2. The highest BCUT2D eigenvalue weighted by molar-refractivity contribution is 8.27. The molecule has 3 rings (SSSR count). The molecule has 2 aromatic rings. The molecule has 4 nitrogen and oxygen atoms in total. The Balaban J connectivity index is 1.98. The molecule has 1 N–H and O–H groups in total. The fourth-order valence-electron chi connectivity index (χ4n) is 2.64. The van der Waals surface area contributed by atoms with Crippen LogP contribution in [0.15, 0.2) is 47.8 Å². The van der Waals surface area contributed by atoms with Crippen LogP contribution in [0.1, 0.15) is 25.8 Å². The highest BCUT2D eigenvalue weighted by atomic mass is 32.2. The number of amides is 1. The van der Waals surface area contributed by atoms with Crippen LogP contribution < -0.4 is 5.32 Å². The van der Waals surface area contributed by atoms with Crippen LogP contribution in [0.25, 0.3) is 17.0 Å². The molecule has 1 aliphatic rings. The second kappa shape index (κ2) is 6.46. The van der Waals surface area contributed by atoms with Gasteiger partial charge < -0.3 is 9.88 Å². The van der Waals surface area contributed by atoms with Crippen molar-refractivity contribution in [3.63, 3.8) is 0 Å². The summed E-state index contributed by atoms with van der Waals surface area (Å²) in [7, 11) is 0. The molecule has 1 amide bonds. The number of aryl methyl sites for hydroxylation is 1. The minimum Gasteiger partial charge on any atom is -0.347 e. The van der Waals surface area contributed by atoms with Crippen LogP contribution in [-0.4, -0.2) is 14.9 Å². The average molecular weight is 326 g/mol. The third-order valence-corrected chi connectivity index (χ3v) is 4.38. The Hall–Kier alpha value is -2.27. The van der Waals surface area contributed by atoms with Crippen molar-refractivity contribution in [1.82, 2.24) is 9.88 Å². The van der Waals surface area contributed by atoms with Crippen molar-refractivity contribution in [2.24, 2.45) is 0 Å². The number of rotatable bonds is 4. The van der Waals surface area contributed by atoms with Crippen molar-refractivity contribution < 1.29 is 9.59 Å². The quantitative estimate of drug-likeness (QED) is 0.672. The number of allylic oxidation sites excluding steroid dienone is 2. The molecular formula is C18H18N2O2S. The summed E-state index contributed by atoms with van der Waals surface area (Å²) < 4.78 is 2.19. The predicted molar refractivity (Wildman–Crippen MR) is 95.1 cm³/mol. The number of benzene rings is 1. The molecule has 2 heterocycles. The van der Waals surface area contributed by atoms with Gasteiger partial charge in [0, 0.05) is 41.0 Å². The highest BCUT2D eigenvalue weighted by Crippen LogP contribution is 2.26. The van der Waals surface area contributed by atoms with E-state index in [4.69, 9.17) is 0 Å². The summed E-state index contributed by atoms with van der Waals surface area (Å²) in [4.78, 5) is 23.1. The summed E-state index contributed by atoms with van der Waals surface area (Å²) >= 11 is 0.705. The maximum Gasteiger partial charge on any atom is 0.291 e. The lowest BCUT2D eigenvalue weighted by Gasteiger charge is -2.02. The Morgan fingerprint density at radius 3 is 2.74 bits per heavy atom. The number of nitrogens with zero attached hydrogens (tertiary/aromatic N) is 1. The van der Waals surface area contributed by atoms with Crippen molar-refractivity contribution in [2.45, 2.75) is 26.8 Å². The molecule has 118 valence electrons. The molecule has 5 heteroatoms. The maximum absolute atomic E-state index is 11.8. The molecule has 0 radical (unpaired) electrons. The van der Waals surface area contributed by atoms with Crippen LogP contribution in [0.3, 0.4) is 0 Å². The minimum atomic E-state index is -0.312. The molecular weight excluding hydrogens is 308 g/mol. The zero-order valence-corrected chi connectivity index (χ0v) is 13.9. The average Bonchev–Trinajstić information content (AvgIpc) is 3.00. The fourth-order valence-corrected chi connectivity index (χ4v) is 3.19. The number of fused-ring (bicyclic) bond motifs is 1. The van der Waals surface area contributed by atoms with Gasteiger partial charge in [-0.25, -0.2) is 0 Å². The van der Waals surface area contributed by atoms with E-state index in [2.05, 4.69) is 35.9 Å². The van der Waals surface area contributed by atoms with E-state index in [1.54, 1.807) is 6.08 Å². The second-order valence-electron chi connectivity index (χ2n) is 5.73. The summed E-state index contributed by atoms with van der Waals surface area (Å²) in [6, 6.07) is 8.10. The van der Waals surface area contributed by atoms with Gasteiger partial charge in [0.2, 0.25) is 5.12 Å². The van der Waals surface area contributed by atoms with Crippen molar-refractivity contribution >= 4 is 39.1 Å². The predicted octanol–water partition coefficient (Wildman–Crippen LogP) is 4.32. The Morgan fingerprint density at radius 1 is 1.26 bits per heavy atom. The van der Waals surface area contributed by atoms with Crippen LogP contribution in [0.5, 0.6) is 0 Å². The van der Waals surface area contributed by atoms with Gasteiger partial charge in [-0.2, -0.15) is 0 Å². The van der Waals surface area contributed by atoms with Crippen molar-refractivity contribution in [1.29, 1.82) is 0 Å². The number of carbonyl (C=O) groups excluding carboxylic acids is 2. The number of hydrogen-bond donors (Lipinski definition) is 1. The minimum absolute atomic E-state index is 0.226. The molecule has 1 aliphatic heterocycles. The monoisotopic (exact) mass is 326 g/mol. The Bertz CT molecular complexity index is 842. The highest BCUT2D eigenvalue weighted by Gasteiger charge is 2.25. The molecule has 0 spiro atoms. The number of hydrogen-bond acceptors (Lipinski definition) is 3. The molecule has 1 aromatic carbocycles. The standard InChI is InChI=1S/C18H18N2O2S/c1-12(2)6-5-9-20-11-13(14-7-3-4-8-16(14)20)10-15-17(21)23-18(22)19-15/h3-4,6-8,10-11H,5,9H2,1-2H3,(H,19,22). The fraction of sp³-hybridized carbons (Fsp3) is 0.222. The Morgan fingerprint density at radius 2 is 2.04 bits per heavy atom. The first-order valence-electron chi connectivity index (χ1n) is 7.50. The summed E-state index contributed by atoms with van der Waals surface area (Å²) in [6.45, 7) is 5.06. The lowest BCUT2D eigenvalue weighted by Crippen LogP contribution is -2.10. The van der Waals surface area contributed by atoms with E-state index >= 15 is 0 Å². The summed E-state index contributed by atoms with van der Waals surface area (Å²) in [5, 5.41) is 3.14. The van der Waals surface area contributed by atoms with Crippen LogP contribution in [-0.2, 0) is 11.3 Å². The maximum atomic E-state index is 11.8. The number of carbonyl (C=O) groups is 2. The molecule has 0 atom stereocenters. The van der Waals surface area contributed by atoms with Gasteiger partial charge in [-0.1, -0.05) is 29.8 Å². The first-order chi connectivity index (χ1) is 11.0. The molecule has 0 aliphatic carbocycles. The number of para-hydroxylation sites is 1. The largest absolute Gasteiger partial charge is 0.347 e. The van der Waals surface area contributed by atoms with Gasteiger partial charge >= 0.3 is 0 Å². The number of aromatic nitrogens is 1. The van der Waals surface area contributed by atoms with Gasteiger partial charge in [0.05, 0.1) is 5.70 Å². The van der Waals surface area contributed by atoms with E-state index in [0.717, 1.165) is 29.4 Å². The van der Waals surface area contributed by atoms with Gasteiger partial charge in [-0.15, -0.1) is 0 Å². The van der Waals surface area contributed by atoms with E-state index < -0.39 is 0 Å². The van der Waals surface area contributed by atoms with Gasteiger partial charge in [-0.05, 0) is 32.4 Å². The van der Waals surface area contributed by atoms with E-state index in [9.17, 15) is 9.59 Å². The van der Waals surface area contributed by atoms with E-state index in [1.165, 1.54) is 5.57 Å². The Kier molecular flexibility index (Phi) is 4.39. The first kappa shape index (κ1) is 15.6. The number of nitrogens with one attached hydrogen (secondary N) is 1. The third kappa shape index (κ3) is 3.40. The van der Waals surface area contributed by atoms with Crippen LogP contribution >= 0.6 is 11.8 Å². The van der Waals surface area contributed by atoms with Crippen LogP contribution in [0, 0.1) is 0 Å². The molecule has 23 heavy (non-hydrogen) atoms. The molecule has 1 fully saturated rings. The first-order valence-corrected chi connectivity index (χ1v) is 8.32. The topological polar surface area (TPSA) is 51.1 Å². The van der Waals surface area contributed by atoms with E-state index in [1.807, 2.05) is 24.4 Å². The van der Waals surface area contributed by atoms with Crippen LogP contribution in [0.2, 0.25) is 0 Å². The molecule has 0 saturated carbocycles. The summed E-state index contributed by atoms with van der Waals surface area (Å²) in [5.74, 6) is 0. The van der Waals surface area contributed by atoms with Crippen molar-refractivity contribution in [2.75, 3.05) is 0 Å². The lowest BCUT2D eigenvalue weighted by molar-refractivity contribution is -0.107.